The van der Waals surface area contributed by atoms with Crippen LogP contribution in [0.2, 0.25) is 0 Å². The van der Waals surface area contributed by atoms with Crippen molar-refractivity contribution in [3.8, 4) is 0 Å². The first-order valence-corrected chi connectivity index (χ1v) is 11.2. The average Bonchev–Trinajstić information content (AvgIpc) is 3.16. The summed E-state index contributed by atoms with van der Waals surface area (Å²) in [5.74, 6) is 2.87. The zero-order valence-electron chi connectivity index (χ0n) is 17.8. The van der Waals surface area contributed by atoms with Gasteiger partial charge in [-0.1, -0.05) is 37.1 Å². The van der Waals surface area contributed by atoms with Crippen LogP contribution in [0.5, 0.6) is 0 Å². The third kappa shape index (κ3) is 6.31. The Hall–Kier alpha value is -0.860. The Balaban J connectivity index is 0.00000240. The number of likely N-dealkylation sites (tertiary alicyclic amines) is 1. The lowest BCUT2D eigenvalue weighted by Gasteiger charge is -2.26. The molecule has 1 saturated carbocycles. The van der Waals surface area contributed by atoms with Gasteiger partial charge in [-0.15, -0.1) is 24.0 Å². The van der Waals surface area contributed by atoms with E-state index in [1.165, 1.54) is 49.9 Å². The maximum absolute atomic E-state index is 5.46. The number of morpholine rings is 1. The van der Waals surface area contributed by atoms with Gasteiger partial charge >= 0.3 is 0 Å². The van der Waals surface area contributed by atoms with Crippen molar-refractivity contribution >= 4 is 29.9 Å². The highest BCUT2D eigenvalue weighted by Crippen LogP contribution is 2.36. The van der Waals surface area contributed by atoms with Gasteiger partial charge in [0.15, 0.2) is 5.96 Å². The normalized spacial score (nSPS) is 25.4. The fourth-order valence-corrected chi connectivity index (χ4v) is 5.01. The van der Waals surface area contributed by atoms with E-state index >= 15 is 0 Å². The summed E-state index contributed by atoms with van der Waals surface area (Å²) in [4.78, 5) is 10.00. The fraction of sp³-hybridized carbons (Fsp3) is 0.696. The second-order valence-electron chi connectivity index (χ2n) is 8.59. The van der Waals surface area contributed by atoms with Gasteiger partial charge in [-0.25, -0.2) is 4.99 Å². The summed E-state index contributed by atoms with van der Waals surface area (Å²) >= 11 is 0. The Morgan fingerprint density at radius 3 is 2.48 bits per heavy atom. The molecular formula is C23H37IN4O. The minimum absolute atomic E-state index is 0. The Bertz CT molecular complexity index is 648. The van der Waals surface area contributed by atoms with Crippen LogP contribution in [0.3, 0.4) is 0 Å². The molecule has 2 saturated heterocycles. The summed E-state index contributed by atoms with van der Waals surface area (Å²) < 4.78 is 5.46. The number of benzene rings is 1. The molecule has 2 atom stereocenters. The summed E-state index contributed by atoms with van der Waals surface area (Å²) in [7, 11) is 0. The molecule has 29 heavy (non-hydrogen) atoms. The highest BCUT2D eigenvalue weighted by atomic mass is 127. The van der Waals surface area contributed by atoms with Gasteiger partial charge in [0.25, 0.3) is 0 Å². The van der Waals surface area contributed by atoms with Crippen LogP contribution in [0.25, 0.3) is 0 Å². The minimum Gasteiger partial charge on any atom is -0.379 e. The largest absolute Gasteiger partial charge is 0.379 e. The van der Waals surface area contributed by atoms with Crippen LogP contribution in [-0.2, 0) is 17.8 Å². The molecule has 3 aliphatic rings. The molecule has 6 heteroatoms. The van der Waals surface area contributed by atoms with E-state index in [1.54, 1.807) is 0 Å². The lowest BCUT2D eigenvalue weighted by atomic mass is 9.82. The zero-order valence-corrected chi connectivity index (χ0v) is 20.1. The zero-order chi connectivity index (χ0) is 19.2. The van der Waals surface area contributed by atoms with Crippen LogP contribution in [0.1, 0.15) is 43.7 Å². The van der Waals surface area contributed by atoms with Gasteiger partial charge in [0.1, 0.15) is 0 Å². The quantitative estimate of drug-likeness (QED) is 0.371. The van der Waals surface area contributed by atoms with Crippen LogP contribution in [-0.4, -0.2) is 61.7 Å². The monoisotopic (exact) mass is 512 g/mol. The molecule has 5 nitrogen and oxygen atoms in total. The van der Waals surface area contributed by atoms with E-state index in [2.05, 4.69) is 46.3 Å². The van der Waals surface area contributed by atoms with E-state index in [-0.39, 0.29) is 24.0 Å². The first kappa shape index (κ1) is 22.8. The Labute approximate surface area is 193 Å². The predicted molar refractivity (Wildman–Crippen MR) is 130 cm³/mol. The Morgan fingerprint density at radius 2 is 1.79 bits per heavy atom. The van der Waals surface area contributed by atoms with Crippen molar-refractivity contribution in [2.75, 3.05) is 45.9 Å². The molecule has 1 N–H and O–H groups in total. The SMILES string of the molecule is CCNC(=NCc1cccc(CN2CCOCC2)c1)N1CC2CCCCC2C1.I. The second-order valence-corrected chi connectivity index (χ2v) is 8.59. The van der Waals surface area contributed by atoms with Gasteiger partial charge < -0.3 is 15.0 Å². The number of guanidine groups is 1. The number of nitrogens with zero attached hydrogens (tertiary/aromatic N) is 3. The van der Waals surface area contributed by atoms with Gasteiger partial charge in [0, 0.05) is 39.3 Å². The molecule has 0 bridgehead atoms. The van der Waals surface area contributed by atoms with Gasteiger partial charge in [0.2, 0.25) is 0 Å². The van der Waals surface area contributed by atoms with Crippen molar-refractivity contribution in [2.45, 2.75) is 45.7 Å². The molecule has 1 aromatic carbocycles. The topological polar surface area (TPSA) is 40.1 Å². The number of hydrogen-bond acceptors (Lipinski definition) is 3. The van der Waals surface area contributed by atoms with E-state index in [9.17, 15) is 0 Å². The molecule has 0 aromatic heterocycles. The van der Waals surface area contributed by atoms with Gasteiger partial charge in [-0.2, -0.15) is 0 Å². The lowest BCUT2D eigenvalue weighted by molar-refractivity contribution is 0.0342. The molecule has 0 amide bonds. The number of ether oxygens (including phenoxy) is 1. The summed E-state index contributed by atoms with van der Waals surface area (Å²) in [5.41, 5.74) is 2.68. The first-order valence-electron chi connectivity index (χ1n) is 11.2. The number of fused-ring (bicyclic) bond motifs is 1. The van der Waals surface area contributed by atoms with Crippen LogP contribution in [0, 0.1) is 11.8 Å². The van der Waals surface area contributed by atoms with Crippen LogP contribution >= 0.6 is 24.0 Å². The van der Waals surface area contributed by atoms with E-state index in [0.717, 1.165) is 63.7 Å². The summed E-state index contributed by atoms with van der Waals surface area (Å²) in [6, 6.07) is 8.95. The Kier molecular flexibility index (Phi) is 9.06. The predicted octanol–water partition coefficient (Wildman–Crippen LogP) is 3.72. The summed E-state index contributed by atoms with van der Waals surface area (Å²) in [6.45, 7) is 11.0. The molecule has 0 radical (unpaired) electrons. The second kappa shape index (κ2) is 11.5. The molecule has 162 valence electrons. The molecule has 1 aromatic rings. The molecule has 4 rings (SSSR count). The maximum atomic E-state index is 5.46. The molecular weight excluding hydrogens is 475 g/mol. The van der Waals surface area contributed by atoms with Crippen molar-refractivity contribution in [3.05, 3.63) is 35.4 Å². The van der Waals surface area contributed by atoms with Crippen LogP contribution < -0.4 is 5.32 Å². The molecule has 1 aliphatic carbocycles. The third-order valence-electron chi connectivity index (χ3n) is 6.52. The number of rotatable bonds is 5. The van der Waals surface area contributed by atoms with E-state index in [1.807, 2.05) is 0 Å². The van der Waals surface area contributed by atoms with Gasteiger partial charge in [0.05, 0.1) is 19.8 Å². The van der Waals surface area contributed by atoms with Gasteiger partial charge in [-0.05, 0) is 42.7 Å². The molecule has 3 fully saturated rings. The Morgan fingerprint density at radius 1 is 1.10 bits per heavy atom. The highest BCUT2D eigenvalue weighted by molar-refractivity contribution is 14.0. The number of halogens is 1. The average molecular weight is 512 g/mol. The van der Waals surface area contributed by atoms with E-state index < -0.39 is 0 Å². The fourth-order valence-electron chi connectivity index (χ4n) is 5.01. The van der Waals surface area contributed by atoms with E-state index in [4.69, 9.17) is 9.73 Å². The number of aliphatic imine (C=N–C) groups is 1. The summed E-state index contributed by atoms with van der Waals surface area (Å²) in [5, 5.41) is 3.54. The molecule has 2 heterocycles. The van der Waals surface area contributed by atoms with Crippen LogP contribution in [0.4, 0.5) is 0 Å². The smallest absolute Gasteiger partial charge is 0.194 e. The van der Waals surface area contributed by atoms with E-state index in [0.29, 0.717) is 0 Å². The number of nitrogens with one attached hydrogen (secondary N) is 1. The van der Waals surface area contributed by atoms with Crippen LogP contribution in [0.15, 0.2) is 29.3 Å². The van der Waals surface area contributed by atoms with Crippen molar-refractivity contribution in [1.29, 1.82) is 0 Å². The number of hydrogen-bond donors (Lipinski definition) is 1. The maximum Gasteiger partial charge on any atom is 0.194 e. The third-order valence-corrected chi connectivity index (χ3v) is 6.52. The molecule has 2 aliphatic heterocycles. The highest BCUT2D eigenvalue weighted by Gasteiger charge is 2.35. The summed E-state index contributed by atoms with van der Waals surface area (Å²) in [6.07, 6.45) is 5.64. The van der Waals surface area contributed by atoms with Gasteiger partial charge in [-0.3, -0.25) is 4.90 Å². The van der Waals surface area contributed by atoms with Crippen molar-refractivity contribution in [1.82, 2.24) is 15.1 Å². The van der Waals surface area contributed by atoms with Crippen molar-refractivity contribution in [2.24, 2.45) is 16.8 Å². The first-order chi connectivity index (χ1) is 13.8. The minimum atomic E-state index is 0. The lowest BCUT2D eigenvalue weighted by Crippen LogP contribution is -2.40. The van der Waals surface area contributed by atoms with Crippen molar-refractivity contribution in [3.63, 3.8) is 0 Å². The van der Waals surface area contributed by atoms with Crippen molar-refractivity contribution < 1.29 is 4.74 Å². The molecule has 0 spiro atoms. The standard InChI is InChI=1S/C23H36N4O.HI/c1-2-24-23(27-17-21-8-3-4-9-22(21)18-27)25-15-19-6-5-7-20(14-19)16-26-10-12-28-13-11-26;/h5-7,14,21-22H,2-4,8-13,15-18H2,1H3,(H,24,25);1H. The molecule has 2 unspecified atom stereocenters.